The van der Waals surface area contributed by atoms with Crippen LogP contribution in [-0.2, 0) is 11.3 Å². The van der Waals surface area contributed by atoms with Crippen molar-refractivity contribution in [2.24, 2.45) is 0 Å². The zero-order valence-electron chi connectivity index (χ0n) is 15.4. The number of carbonyl (C=O) groups is 1. The van der Waals surface area contributed by atoms with Gasteiger partial charge in [0.15, 0.2) is 5.43 Å². The molecule has 0 bridgehead atoms. The van der Waals surface area contributed by atoms with Gasteiger partial charge in [-0.2, -0.15) is 0 Å². The SMILES string of the molecule is CCC(=O)N(CC)C1CCN(Cc2cc(=O)c3ccccc3o2)CC1.Cl. The number of piperidine rings is 1. The molecule has 1 aliphatic rings. The monoisotopic (exact) mass is 378 g/mol. The van der Waals surface area contributed by atoms with Gasteiger partial charge in [0.25, 0.3) is 0 Å². The lowest BCUT2D eigenvalue weighted by molar-refractivity contribution is -0.134. The minimum Gasteiger partial charge on any atom is -0.459 e. The van der Waals surface area contributed by atoms with Gasteiger partial charge in [-0.3, -0.25) is 14.5 Å². The standard InChI is InChI=1S/C20H26N2O3.ClH/c1-3-20(24)22(4-2)15-9-11-21(12-10-15)14-16-13-18(23)17-7-5-6-8-19(17)25-16;/h5-8,13,15H,3-4,9-12,14H2,1-2H3;1H. The molecule has 0 saturated carbocycles. The maximum atomic E-state index is 12.2. The number of benzene rings is 1. The number of para-hydroxylation sites is 1. The van der Waals surface area contributed by atoms with Crippen LogP contribution in [0.5, 0.6) is 0 Å². The van der Waals surface area contributed by atoms with E-state index in [0.717, 1.165) is 32.5 Å². The summed E-state index contributed by atoms with van der Waals surface area (Å²) in [5.41, 5.74) is 0.656. The van der Waals surface area contributed by atoms with Crippen molar-refractivity contribution < 1.29 is 9.21 Å². The smallest absolute Gasteiger partial charge is 0.222 e. The number of halogens is 1. The Morgan fingerprint density at radius 1 is 1.23 bits per heavy atom. The van der Waals surface area contributed by atoms with E-state index in [1.807, 2.05) is 36.9 Å². The second-order valence-electron chi connectivity index (χ2n) is 6.61. The molecule has 1 aromatic heterocycles. The molecule has 26 heavy (non-hydrogen) atoms. The maximum Gasteiger partial charge on any atom is 0.222 e. The van der Waals surface area contributed by atoms with Crippen LogP contribution in [0.1, 0.15) is 38.9 Å². The Morgan fingerprint density at radius 3 is 2.58 bits per heavy atom. The van der Waals surface area contributed by atoms with Crippen LogP contribution in [0, 0.1) is 0 Å². The summed E-state index contributed by atoms with van der Waals surface area (Å²) in [6.07, 6.45) is 2.51. The van der Waals surface area contributed by atoms with Gasteiger partial charge in [0.2, 0.25) is 5.91 Å². The van der Waals surface area contributed by atoms with Crippen LogP contribution in [0.4, 0.5) is 0 Å². The first-order valence-electron chi connectivity index (χ1n) is 9.16. The van der Waals surface area contributed by atoms with Crippen molar-refractivity contribution >= 4 is 29.3 Å². The summed E-state index contributed by atoms with van der Waals surface area (Å²) in [6.45, 7) is 7.20. The Hall–Kier alpha value is -1.85. The van der Waals surface area contributed by atoms with Crippen LogP contribution in [0.3, 0.4) is 0 Å². The Bertz CT molecular complexity index is 797. The lowest BCUT2D eigenvalue weighted by atomic mass is 10.0. The van der Waals surface area contributed by atoms with Gasteiger partial charge in [0.1, 0.15) is 11.3 Å². The van der Waals surface area contributed by atoms with E-state index in [4.69, 9.17) is 4.42 Å². The Morgan fingerprint density at radius 2 is 1.92 bits per heavy atom. The summed E-state index contributed by atoms with van der Waals surface area (Å²) >= 11 is 0. The second kappa shape index (κ2) is 9.19. The summed E-state index contributed by atoms with van der Waals surface area (Å²) in [7, 11) is 0. The van der Waals surface area contributed by atoms with Gasteiger partial charge >= 0.3 is 0 Å². The van der Waals surface area contributed by atoms with Crippen molar-refractivity contribution in [2.45, 2.75) is 45.7 Å². The van der Waals surface area contributed by atoms with Crippen molar-refractivity contribution in [2.75, 3.05) is 19.6 Å². The predicted octanol–water partition coefficient (Wildman–Crippen LogP) is 3.44. The maximum absolute atomic E-state index is 12.2. The highest BCUT2D eigenvalue weighted by Crippen LogP contribution is 2.20. The molecule has 0 unspecified atom stereocenters. The molecule has 142 valence electrons. The molecule has 2 aromatic rings. The number of carbonyl (C=O) groups excluding carboxylic acids is 1. The van der Waals surface area contributed by atoms with E-state index in [1.54, 1.807) is 12.1 Å². The number of fused-ring (bicyclic) bond motifs is 1. The van der Waals surface area contributed by atoms with E-state index in [-0.39, 0.29) is 23.7 Å². The lowest BCUT2D eigenvalue weighted by Gasteiger charge is -2.38. The highest BCUT2D eigenvalue weighted by Gasteiger charge is 2.26. The largest absolute Gasteiger partial charge is 0.459 e. The highest BCUT2D eigenvalue weighted by atomic mass is 35.5. The molecule has 3 rings (SSSR count). The van der Waals surface area contributed by atoms with Crippen molar-refractivity contribution in [1.82, 2.24) is 9.80 Å². The van der Waals surface area contributed by atoms with Crippen molar-refractivity contribution in [3.63, 3.8) is 0 Å². The van der Waals surface area contributed by atoms with Crippen LogP contribution in [0.15, 0.2) is 39.5 Å². The fourth-order valence-electron chi connectivity index (χ4n) is 3.68. The van der Waals surface area contributed by atoms with E-state index in [2.05, 4.69) is 4.90 Å². The third-order valence-electron chi connectivity index (χ3n) is 5.03. The zero-order valence-corrected chi connectivity index (χ0v) is 16.3. The van der Waals surface area contributed by atoms with E-state index in [0.29, 0.717) is 35.7 Å². The number of hydrogen-bond donors (Lipinski definition) is 0. The molecule has 0 spiro atoms. The van der Waals surface area contributed by atoms with Gasteiger partial charge in [0, 0.05) is 38.2 Å². The molecular weight excluding hydrogens is 352 g/mol. The average Bonchev–Trinajstić information content (AvgIpc) is 2.63. The van der Waals surface area contributed by atoms with Crippen LogP contribution >= 0.6 is 12.4 Å². The molecule has 5 nitrogen and oxygen atoms in total. The van der Waals surface area contributed by atoms with Gasteiger partial charge < -0.3 is 9.32 Å². The first kappa shape index (κ1) is 20.5. The molecule has 2 heterocycles. The van der Waals surface area contributed by atoms with Crippen LogP contribution in [-0.4, -0.2) is 41.4 Å². The minimum atomic E-state index is 0. The number of rotatable bonds is 5. The van der Waals surface area contributed by atoms with E-state index in [9.17, 15) is 9.59 Å². The first-order chi connectivity index (χ1) is 12.1. The molecule has 0 aliphatic carbocycles. The summed E-state index contributed by atoms with van der Waals surface area (Å²) < 4.78 is 5.89. The third-order valence-corrected chi connectivity index (χ3v) is 5.03. The van der Waals surface area contributed by atoms with Gasteiger partial charge in [-0.1, -0.05) is 19.1 Å². The van der Waals surface area contributed by atoms with Gasteiger partial charge in [-0.05, 0) is 31.9 Å². The molecule has 0 radical (unpaired) electrons. The molecule has 0 N–H and O–H groups in total. The highest BCUT2D eigenvalue weighted by molar-refractivity contribution is 5.85. The van der Waals surface area contributed by atoms with Gasteiger partial charge in [0.05, 0.1) is 11.9 Å². The van der Waals surface area contributed by atoms with Crippen molar-refractivity contribution in [3.05, 3.63) is 46.3 Å². The Balaban J connectivity index is 0.00000243. The molecule has 1 aromatic carbocycles. The van der Waals surface area contributed by atoms with Gasteiger partial charge in [-0.25, -0.2) is 0 Å². The van der Waals surface area contributed by atoms with Crippen molar-refractivity contribution in [3.8, 4) is 0 Å². The van der Waals surface area contributed by atoms with Crippen LogP contribution in [0.2, 0.25) is 0 Å². The number of likely N-dealkylation sites (tertiary alicyclic amines) is 1. The van der Waals surface area contributed by atoms with E-state index < -0.39 is 0 Å². The number of amides is 1. The third kappa shape index (κ3) is 4.46. The Labute approximate surface area is 160 Å². The fourth-order valence-corrected chi connectivity index (χ4v) is 3.68. The quantitative estimate of drug-likeness (QED) is 0.799. The molecule has 6 heteroatoms. The minimum absolute atomic E-state index is 0. The normalized spacial score (nSPS) is 15.6. The molecule has 1 amide bonds. The summed E-state index contributed by atoms with van der Waals surface area (Å²) in [5.74, 6) is 0.945. The average molecular weight is 379 g/mol. The second-order valence-corrected chi connectivity index (χ2v) is 6.61. The predicted molar refractivity (Wildman–Crippen MR) is 106 cm³/mol. The summed E-state index contributed by atoms with van der Waals surface area (Å²) in [5, 5.41) is 0.627. The number of hydrogen-bond acceptors (Lipinski definition) is 4. The molecular formula is C20H27ClN2O3. The Kier molecular flexibility index (Phi) is 7.23. The molecule has 1 fully saturated rings. The fraction of sp³-hybridized carbons (Fsp3) is 0.500. The molecule has 0 atom stereocenters. The lowest BCUT2D eigenvalue weighted by Crippen LogP contribution is -2.47. The van der Waals surface area contributed by atoms with E-state index in [1.165, 1.54) is 0 Å². The molecule has 1 saturated heterocycles. The van der Waals surface area contributed by atoms with Crippen LogP contribution in [0.25, 0.3) is 11.0 Å². The van der Waals surface area contributed by atoms with Crippen molar-refractivity contribution in [1.29, 1.82) is 0 Å². The zero-order chi connectivity index (χ0) is 17.8. The topological polar surface area (TPSA) is 53.8 Å². The summed E-state index contributed by atoms with van der Waals surface area (Å²) in [6, 6.07) is 9.29. The van der Waals surface area contributed by atoms with Gasteiger partial charge in [-0.15, -0.1) is 12.4 Å². The number of nitrogens with zero attached hydrogens (tertiary/aromatic N) is 2. The van der Waals surface area contributed by atoms with Crippen LogP contribution < -0.4 is 5.43 Å². The molecule has 1 aliphatic heterocycles. The summed E-state index contributed by atoms with van der Waals surface area (Å²) in [4.78, 5) is 28.6. The first-order valence-corrected chi connectivity index (χ1v) is 9.16. The van der Waals surface area contributed by atoms with E-state index >= 15 is 0 Å².